The van der Waals surface area contributed by atoms with Crippen molar-refractivity contribution in [1.82, 2.24) is 9.97 Å². The number of anilines is 1. The molecule has 0 spiro atoms. The summed E-state index contributed by atoms with van der Waals surface area (Å²) in [7, 11) is 0. The zero-order valence-electron chi connectivity index (χ0n) is 9.72. The molecule has 0 fully saturated rings. The summed E-state index contributed by atoms with van der Waals surface area (Å²) in [6, 6.07) is 7.82. The SMILES string of the molecule is NC(=O)CSc1ccccc1NCc1cnc[nH]1. The van der Waals surface area contributed by atoms with Crippen molar-refractivity contribution < 1.29 is 4.79 Å². The first-order valence-corrected chi connectivity index (χ1v) is 6.45. The van der Waals surface area contributed by atoms with Crippen molar-refractivity contribution in [2.24, 2.45) is 5.73 Å². The molecule has 5 nitrogen and oxygen atoms in total. The number of carbonyl (C=O) groups is 1. The van der Waals surface area contributed by atoms with E-state index in [9.17, 15) is 4.79 Å². The number of imidazole rings is 1. The molecular formula is C12H14N4OS. The first-order valence-electron chi connectivity index (χ1n) is 5.47. The predicted molar refractivity (Wildman–Crippen MR) is 72.3 cm³/mol. The molecule has 1 aromatic heterocycles. The first kappa shape index (κ1) is 12.5. The number of hydrogen-bond acceptors (Lipinski definition) is 4. The number of para-hydroxylation sites is 1. The Kier molecular flexibility index (Phi) is 4.25. The minimum atomic E-state index is -0.316. The molecule has 0 aliphatic carbocycles. The number of thioether (sulfide) groups is 1. The monoisotopic (exact) mass is 262 g/mol. The molecule has 0 aliphatic heterocycles. The fourth-order valence-electron chi connectivity index (χ4n) is 1.46. The summed E-state index contributed by atoms with van der Waals surface area (Å²) in [5.74, 6) is -0.0358. The average molecular weight is 262 g/mol. The summed E-state index contributed by atoms with van der Waals surface area (Å²) in [5, 5.41) is 3.30. The van der Waals surface area contributed by atoms with E-state index in [1.54, 1.807) is 12.5 Å². The Bertz CT molecular complexity index is 513. The molecule has 18 heavy (non-hydrogen) atoms. The highest BCUT2D eigenvalue weighted by Crippen LogP contribution is 2.26. The van der Waals surface area contributed by atoms with Crippen LogP contribution in [0.2, 0.25) is 0 Å². The van der Waals surface area contributed by atoms with Gasteiger partial charge < -0.3 is 16.0 Å². The van der Waals surface area contributed by atoms with Crippen molar-refractivity contribution in [2.45, 2.75) is 11.4 Å². The highest BCUT2D eigenvalue weighted by atomic mass is 32.2. The van der Waals surface area contributed by atoms with Gasteiger partial charge in [-0.15, -0.1) is 11.8 Å². The van der Waals surface area contributed by atoms with Crippen LogP contribution in [-0.4, -0.2) is 21.6 Å². The van der Waals surface area contributed by atoms with Crippen LogP contribution in [-0.2, 0) is 11.3 Å². The van der Waals surface area contributed by atoms with Crippen molar-refractivity contribution in [3.05, 3.63) is 42.5 Å². The second kappa shape index (κ2) is 6.11. The molecule has 1 heterocycles. The van der Waals surface area contributed by atoms with E-state index in [0.717, 1.165) is 16.3 Å². The summed E-state index contributed by atoms with van der Waals surface area (Å²) >= 11 is 1.43. The summed E-state index contributed by atoms with van der Waals surface area (Å²) in [6.07, 6.45) is 3.41. The molecule has 4 N–H and O–H groups in total. The fraction of sp³-hybridized carbons (Fsp3) is 0.167. The standard InChI is InChI=1S/C12H14N4OS/c13-12(17)7-18-11-4-2-1-3-10(11)15-6-9-5-14-8-16-9/h1-5,8,15H,6-7H2,(H2,13,17)(H,14,16). The van der Waals surface area contributed by atoms with Crippen molar-refractivity contribution in [1.29, 1.82) is 0 Å². The molecule has 0 unspecified atom stereocenters. The molecule has 1 amide bonds. The number of H-pyrrole nitrogens is 1. The van der Waals surface area contributed by atoms with Gasteiger partial charge in [0.15, 0.2) is 0 Å². The molecule has 0 bridgehead atoms. The lowest BCUT2D eigenvalue weighted by Crippen LogP contribution is -2.13. The van der Waals surface area contributed by atoms with Crippen LogP contribution >= 0.6 is 11.8 Å². The minimum Gasteiger partial charge on any atom is -0.379 e. The van der Waals surface area contributed by atoms with Crippen LogP contribution < -0.4 is 11.1 Å². The largest absolute Gasteiger partial charge is 0.379 e. The zero-order valence-corrected chi connectivity index (χ0v) is 10.5. The van der Waals surface area contributed by atoms with E-state index < -0.39 is 0 Å². The number of aromatic amines is 1. The molecule has 6 heteroatoms. The van der Waals surface area contributed by atoms with Gasteiger partial charge in [0.05, 0.1) is 24.3 Å². The van der Waals surface area contributed by atoms with Crippen LogP contribution in [0.1, 0.15) is 5.69 Å². The third-order valence-electron chi connectivity index (χ3n) is 2.28. The van der Waals surface area contributed by atoms with E-state index in [4.69, 9.17) is 5.73 Å². The van der Waals surface area contributed by atoms with Crippen LogP contribution in [0.15, 0.2) is 41.7 Å². The van der Waals surface area contributed by atoms with E-state index in [1.807, 2.05) is 24.3 Å². The summed E-state index contributed by atoms with van der Waals surface area (Å²) in [5.41, 5.74) is 7.14. The van der Waals surface area contributed by atoms with Crippen molar-refractivity contribution in [3.8, 4) is 0 Å². The molecule has 94 valence electrons. The highest BCUT2D eigenvalue weighted by Gasteiger charge is 2.04. The van der Waals surface area contributed by atoms with Gasteiger partial charge in [-0.2, -0.15) is 0 Å². The Morgan fingerprint density at radius 3 is 3.00 bits per heavy atom. The van der Waals surface area contributed by atoms with E-state index in [-0.39, 0.29) is 11.7 Å². The molecule has 0 saturated heterocycles. The number of hydrogen-bond donors (Lipinski definition) is 3. The number of rotatable bonds is 6. The molecule has 1 aromatic carbocycles. The molecule has 2 aromatic rings. The maximum atomic E-state index is 10.8. The first-order chi connectivity index (χ1) is 8.75. The second-order valence-corrected chi connectivity index (χ2v) is 4.70. The van der Waals surface area contributed by atoms with Crippen LogP contribution in [0.5, 0.6) is 0 Å². The van der Waals surface area contributed by atoms with Crippen molar-refractivity contribution in [2.75, 3.05) is 11.1 Å². The molecule has 2 rings (SSSR count). The van der Waals surface area contributed by atoms with Gasteiger partial charge in [-0.25, -0.2) is 4.98 Å². The Morgan fingerprint density at radius 2 is 2.28 bits per heavy atom. The lowest BCUT2D eigenvalue weighted by Gasteiger charge is -2.10. The van der Waals surface area contributed by atoms with E-state index in [2.05, 4.69) is 15.3 Å². The van der Waals surface area contributed by atoms with E-state index >= 15 is 0 Å². The number of nitrogens with one attached hydrogen (secondary N) is 2. The number of amides is 1. The fourth-order valence-corrected chi connectivity index (χ4v) is 2.23. The minimum absolute atomic E-state index is 0.281. The third-order valence-corrected chi connectivity index (χ3v) is 3.38. The molecule has 0 aliphatic rings. The Hall–Kier alpha value is -1.95. The Morgan fingerprint density at radius 1 is 1.44 bits per heavy atom. The van der Waals surface area contributed by atoms with Gasteiger partial charge in [-0.3, -0.25) is 4.79 Å². The number of nitrogens with zero attached hydrogens (tertiary/aromatic N) is 1. The summed E-state index contributed by atoms with van der Waals surface area (Å²) < 4.78 is 0. The van der Waals surface area contributed by atoms with Gasteiger partial charge >= 0.3 is 0 Å². The maximum absolute atomic E-state index is 10.8. The zero-order chi connectivity index (χ0) is 12.8. The van der Waals surface area contributed by atoms with E-state index in [1.165, 1.54) is 11.8 Å². The van der Waals surface area contributed by atoms with Gasteiger partial charge in [-0.05, 0) is 12.1 Å². The Balaban J connectivity index is 2.00. The lowest BCUT2D eigenvalue weighted by atomic mass is 10.3. The maximum Gasteiger partial charge on any atom is 0.227 e. The molecular weight excluding hydrogens is 248 g/mol. The second-order valence-electron chi connectivity index (χ2n) is 3.68. The number of aromatic nitrogens is 2. The summed E-state index contributed by atoms with van der Waals surface area (Å²) in [6.45, 7) is 0.661. The Labute approximate surface area is 109 Å². The quantitative estimate of drug-likeness (QED) is 0.690. The number of carbonyl (C=O) groups excluding carboxylic acids is 1. The van der Waals surface area contributed by atoms with Gasteiger partial charge in [0.25, 0.3) is 0 Å². The van der Waals surface area contributed by atoms with Crippen molar-refractivity contribution in [3.63, 3.8) is 0 Å². The molecule has 0 atom stereocenters. The van der Waals surface area contributed by atoms with Crippen LogP contribution in [0.25, 0.3) is 0 Å². The third kappa shape index (κ3) is 3.53. The molecule has 0 saturated carbocycles. The number of nitrogens with two attached hydrogens (primary N) is 1. The van der Waals surface area contributed by atoms with Gasteiger partial charge in [-0.1, -0.05) is 12.1 Å². The average Bonchev–Trinajstić information content (AvgIpc) is 2.88. The summed E-state index contributed by atoms with van der Waals surface area (Å²) in [4.78, 5) is 18.8. The number of benzene rings is 1. The van der Waals surface area contributed by atoms with Crippen LogP contribution in [0.3, 0.4) is 0 Å². The van der Waals surface area contributed by atoms with Gasteiger partial charge in [0.1, 0.15) is 0 Å². The number of primary amides is 1. The van der Waals surface area contributed by atoms with Gasteiger partial charge in [0, 0.05) is 16.8 Å². The topological polar surface area (TPSA) is 83.8 Å². The highest BCUT2D eigenvalue weighted by molar-refractivity contribution is 8.00. The smallest absolute Gasteiger partial charge is 0.227 e. The van der Waals surface area contributed by atoms with Crippen LogP contribution in [0.4, 0.5) is 5.69 Å². The normalized spacial score (nSPS) is 10.2. The lowest BCUT2D eigenvalue weighted by molar-refractivity contribution is -0.115. The van der Waals surface area contributed by atoms with Crippen LogP contribution in [0, 0.1) is 0 Å². The predicted octanol–water partition coefficient (Wildman–Crippen LogP) is 1.60. The molecule has 0 radical (unpaired) electrons. The van der Waals surface area contributed by atoms with Gasteiger partial charge in [0.2, 0.25) is 5.91 Å². The van der Waals surface area contributed by atoms with E-state index in [0.29, 0.717) is 6.54 Å². The van der Waals surface area contributed by atoms with Crippen molar-refractivity contribution >= 4 is 23.4 Å².